The van der Waals surface area contributed by atoms with Crippen molar-refractivity contribution in [2.45, 2.75) is 38.9 Å². The molecule has 6 nitrogen and oxygen atoms in total. The molecule has 4 rings (SSSR count). The number of rotatable bonds is 8. The van der Waals surface area contributed by atoms with Gasteiger partial charge < -0.3 is 19.5 Å². The van der Waals surface area contributed by atoms with Crippen molar-refractivity contribution in [2.75, 3.05) is 20.3 Å². The van der Waals surface area contributed by atoms with Crippen LogP contribution in [0.4, 0.5) is 0 Å². The number of aromatic nitrogens is 3. The van der Waals surface area contributed by atoms with Crippen LogP contribution >= 0.6 is 12.2 Å². The lowest BCUT2D eigenvalue weighted by Gasteiger charge is -2.28. The summed E-state index contributed by atoms with van der Waals surface area (Å²) in [6, 6.07) is 12.6. The van der Waals surface area contributed by atoms with Gasteiger partial charge in [-0.05, 0) is 73.9 Å². The Morgan fingerprint density at radius 1 is 1.13 bits per heavy atom. The Labute approximate surface area is 189 Å². The molecule has 162 valence electrons. The second-order valence-electron chi connectivity index (χ2n) is 7.93. The number of hydrogen-bond donors (Lipinski definition) is 1. The summed E-state index contributed by atoms with van der Waals surface area (Å²) in [7, 11) is 1.74. The van der Waals surface area contributed by atoms with Gasteiger partial charge in [-0.15, -0.1) is 0 Å². The fourth-order valence-corrected chi connectivity index (χ4v) is 4.74. The Bertz CT molecular complexity index is 1020. The van der Waals surface area contributed by atoms with Gasteiger partial charge in [0.15, 0.2) is 5.11 Å². The summed E-state index contributed by atoms with van der Waals surface area (Å²) in [5.41, 5.74) is 6.01. The first kappa shape index (κ1) is 21.5. The van der Waals surface area contributed by atoms with Crippen LogP contribution in [0.25, 0.3) is 0 Å². The van der Waals surface area contributed by atoms with Gasteiger partial charge >= 0.3 is 0 Å². The first-order chi connectivity index (χ1) is 15.1. The third-order valence-electron chi connectivity index (χ3n) is 5.97. The Balaban J connectivity index is 1.72. The van der Waals surface area contributed by atoms with Crippen molar-refractivity contribution < 1.29 is 4.74 Å². The van der Waals surface area contributed by atoms with Crippen LogP contribution in [0.3, 0.4) is 0 Å². The summed E-state index contributed by atoms with van der Waals surface area (Å²) in [6.45, 7) is 6.74. The van der Waals surface area contributed by atoms with Crippen molar-refractivity contribution in [3.05, 3.63) is 83.2 Å². The van der Waals surface area contributed by atoms with Crippen molar-refractivity contribution >= 4 is 17.3 Å². The Hall–Kier alpha value is -2.77. The van der Waals surface area contributed by atoms with Gasteiger partial charge in [0, 0.05) is 56.8 Å². The molecule has 7 heteroatoms. The minimum Gasteiger partial charge on any atom is -0.385 e. The molecule has 3 aromatic heterocycles. The predicted octanol–water partition coefficient (Wildman–Crippen LogP) is 3.95. The van der Waals surface area contributed by atoms with Crippen molar-refractivity contribution in [3.63, 3.8) is 0 Å². The maximum Gasteiger partial charge on any atom is 0.170 e. The van der Waals surface area contributed by atoms with Crippen LogP contribution in [0.2, 0.25) is 0 Å². The zero-order chi connectivity index (χ0) is 21.8. The van der Waals surface area contributed by atoms with E-state index < -0.39 is 0 Å². The zero-order valence-electron chi connectivity index (χ0n) is 18.3. The largest absolute Gasteiger partial charge is 0.385 e. The van der Waals surface area contributed by atoms with Crippen LogP contribution in [-0.2, 0) is 11.3 Å². The lowest BCUT2D eigenvalue weighted by atomic mass is 9.96. The van der Waals surface area contributed by atoms with E-state index in [4.69, 9.17) is 17.0 Å². The van der Waals surface area contributed by atoms with Gasteiger partial charge in [-0.2, -0.15) is 0 Å². The van der Waals surface area contributed by atoms with Crippen LogP contribution < -0.4 is 5.32 Å². The highest BCUT2D eigenvalue weighted by Crippen LogP contribution is 2.40. The van der Waals surface area contributed by atoms with Crippen LogP contribution in [0.1, 0.15) is 46.7 Å². The van der Waals surface area contributed by atoms with E-state index in [9.17, 15) is 0 Å². The van der Waals surface area contributed by atoms with E-state index in [1.54, 1.807) is 7.11 Å². The van der Waals surface area contributed by atoms with Crippen molar-refractivity contribution in [2.24, 2.45) is 0 Å². The summed E-state index contributed by atoms with van der Waals surface area (Å²) < 4.78 is 7.66. The monoisotopic (exact) mass is 435 g/mol. The third kappa shape index (κ3) is 4.48. The van der Waals surface area contributed by atoms with E-state index in [1.807, 2.05) is 30.7 Å². The predicted molar refractivity (Wildman–Crippen MR) is 126 cm³/mol. The normalized spacial score (nSPS) is 18.4. The molecule has 0 amide bonds. The molecule has 1 saturated heterocycles. The van der Waals surface area contributed by atoms with Crippen molar-refractivity contribution in [1.82, 2.24) is 24.8 Å². The van der Waals surface area contributed by atoms with E-state index in [1.165, 1.54) is 22.5 Å². The summed E-state index contributed by atoms with van der Waals surface area (Å²) in [4.78, 5) is 11.1. The highest BCUT2D eigenvalue weighted by atomic mass is 32.1. The number of aryl methyl sites for hydroxylation is 1. The molecular weight excluding hydrogens is 406 g/mol. The fraction of sp³-hybridized carbons (Fsp3) is 0.375. The Morgan fingerprint density at radius 2 is 1.94 bits per heavy atom. The second kappa shape index (κ2) is 9.58. The molecule has 0 aromatic carbocycles. The SMILES string of the molecule is COCCCN1C(=S)N[C@H](c2ccccn2)[C@H]1c1cc(C)n(Cc2ccncc2)c1C. The molecule has 4 heterocycles. The summed E-state index contributed by atoms with van der Waals surface area (Å²) in [5, 5.41) is 4.31. The molecule has 0 saturated carbocycles. The summed E-state index contributed by atoms with van der Waals surface area (Å²) in [6.07, 6.45) is 6.45. The van der Waals surface area contributed by atoms with Gasteiger partial charge in [-0.25, -0.2) is 0 Å². The molecule has 31 heavy (non-hydrogen) atoms. The first-order valence-electron chi connectivity index (χ1n) is 10.6. The Kier molecular flexibility index (Phi) is 6.63. The number of thiocarbonyl (C=S) groups is 1. The minimum atomic E-state index is 0.00567. The summed E-state index contributed by atoms with van der Waals surface area (Å²) in [5.74, 6) is 0. The highest BCUT2D eigenvalue weighted by Gasteiger charge is 2.41. The number of pyridine rings is 2. The lowest BCUT2D eigenvalue weighted by molar-refractivity contribution is 0.180. The number of hydrogen-bond acceptors (Lipinski definition) is 4. The van der Waals surface area contributed by atoms with Crippen molar-refractivity contribution in [1.29, 1.82) is 0 Å². The first-order valence-corrected chi connectivity index (χ1v) is 11.0. The summed E-state index contributed by atoms with van der Waals surface area (Å²) >= 11 is 5.76. The molecular formula is C24H29N5OS. The smallest absolute Gasteiger partial charge is 0.170 e. The highest BCUT2D eigenvalue weighted by molar-refractivity contribution is 7.80. The molecule has 2 atom stereocenters. The molecule has 1 N–H and O–H groups in total. The van der Waals surface area contributed by atoms with Gasteiger partial charge in [0.25, 0.3) is 0 Å². The quantitative estimate of drug-likeness (QED) is 0.427. The Morgan fingerprint density at radius 3 is 2.65 bits per heavy atom. The zero-order valence-corrected chi connectivity index (χ0v) is 19.1. The average molecular weight is 436 g/mol. The number of nitrogens with one attached hydrogen (secondary N) is 1. The molecule has 1 aliphatic rings. The fourth-order valence-electron chi connectivity index (χ4n) is 4.41. The van der Waals surface area contributed by atoms with E-state index in [0.717, 1.165) is 30.3 Å². The van der Waals surface area contributed by atoms with Gasteiger partial charge in [-0.3, -0.25) is 9.97 Å². The standard InChI is InChI=1S/C24H29N5OS/c1-17-15-20(18(2)29(17)16-19-8-11-25-12-9-19)23-22(21-7-4-5-10-26-21)27-24(31)28(23)13-6-14-30-3/h4-5,7-12,15,22-23H,6,13-14,16H2,1-3H3,(H,27,31)/t22-,23-/m1/s1. The van der Waals surface area contributed by atoms with Crippen LogP contribution in [-0.4, -0.2) is 44.8 Å². The molecule has 0 aliphatic carbocycles. The number of ether oxygens (including phenoxy) is 1. The minimum absolute atomic E-state index is 0.00567. The third-order valence-corrected chi connectivity index (χ3v) is 6.32. The van der Waals surface area contributed by atoms with Crippen molar-refractivity contribution in [3.8, 4) is 0 Å². The van der Waals surface area contributed by atoms with Gasteiger partial charge in [0.1, 0.15) is 0 Å². The van der Waals surface area contributed by atoms with Crippen LogP contribution in [0.15, 0.2) is 55.0 Å². The molecule has 3 aromatic rings. The van der Waals surface area contributed by atoms with E-state index in [0.29, 0.717) is 6.61 Å². The maximum absolute atomic E-state index is 5.76. The molecule has 0 bridgehead atoms. The number of methoxy groups -OCH3 is 1. The molecule has 0 unspecified atom stereocenters. The van der Waals surface area contributed by atoms with Gasteiger partial charge in [0.05, 0.1) is 17.8 Å². The molecule has 1 fully saturated rings. The second-order valence-corrected chi connectivity index (χ2v) is 8.32. The molecule has 0 spiro atoms. The van der Waals surface area contributed by atoms with Crippen LogP contribution in [0, 0.1) is 13.8 Å². The van der Waals surface area contributed by atoms with Gasteiger partial charge in [-0.1, -0.05) is 6.07 Å². The van der Waals surface area contributed by atoms with Gasteiger partial charge in [0.2, 0.25) is 0 Å². The molecule has 0 radical (unpaired) electrons. The van der Waals surface area contributed by atoms with E-state index >= 15 is 0 Å². The van der Waals surface area contributed by atoms with E-state index in [2.05, 4.69) is 62.9 Å². The topological polar surface area (TPSA) is 55.2 Å². The molecule has 1 aliphatic heterocycles. The average Bonchev–Trinajstić information content (AvgIpc) is 3.26. The lowest BCUT2D eigenvalue weighted by Crippen LogP contribution is -2.31. The van der Waals surface area contributed by atoms with E-state index in [-0.39, 0.29) is 12.1 Å². The number of nitrogens with zero attached hydrogens (tertiary/aromatic N) is 4. The maximum atomic E-state index is 5.76. The van der Waals surface area contributed by atoms with Crippen LogP contribution in [0.5, 0.6) is 0 Å².